The molecular weight excluding hydrogens is 326 g/mol. The van der Waals surface area contributed by atoms with Crippen molar-refractivity contribution in [3.05, 3.63) is 46.8 Å². The van der Waals surface area contributed by atoms with E-state index in [0.29, 0.717) is 5.92 Å². The van der Waals surface area contributed by atoms with E-state index >= 15 is 0 Å². The molecule has 1 aliphatic rings. The molecule has 1 atom stereocenters. The second kappa shape index (κ2) is 7.19. The third kappa shape index (κ3) is 4.12. The van der Waals surface area contributed by atoms with Gasteiger partial charge in [0.1, 0.15) is 5.69 Å². The van der Waals surface area contributed by atoms with Crippen LogP contribution < -0.4 is 5.73 Å². The van der Waals surface area contributed by atoms with Crippen molar-refractivity contribution < 1.29 is 4.79 Å². The molecule has 3 rings (SSSR count). The van der Waals surface area contributed by atoms with Crippen LogP contribution in [0.15, 0.2) is 24.4 Å². The molecule has 1 fully saturated rings. The van der Waals surface area contributed by atoms with Crippen molar-refractivity contribution in [3.8, 4) is 0 Å². The van der Waals surface area contributed by atoms with E-state index in [-0.39, 0.29) is 5.91 Å². The zero-order valence-corrected chi connectivity index (χ0v) is 16.2. The molecule has 0 unspecified atom stereocenters. The minimum absolute atomic E-state index is 0.134. The van der Waals surface area contributed by atoms with Gasteiger partial charge < -0.3 is 10.6 Å². The van der Waals surface area contributed by atoms with Gasteiger partial charge in [0.2, 0.25) is 0 Å². The van der Waals surface area contributed by atoms with E-state index in [1.165, 1.54) is 5.56 Å². The highest BCUT2D eigenvalue weighted by molar-refractivity contribution is 5.95. The number of hydrogen-bond donors (Lipinski definition) is 1. The molecule has 1 amide bonds. The first kappa shape index (κ1) is 18.6. The molecule has 6 heteroatoms. The van der Waals surface area contributed by atoms with Gasteiger partial charge in [-0.05, 0) is 58.1 Å². The maximum Gasteiger partial charge on any atom is 0.254 e. The zero-order chi connectivity index (χ0) is 18.9. The first-order valence-electron chi connectivity index (χ1n) is 9.30. The van der Waals surface area contributed by atoms with Crippen LogP contribution in [0.1, 0.15) is 53.9 Å². The number of rotatable bonds is 4. The fourth-order valence-electron chi connectivity index (χ4n) is 3.57. The number of carbonyl (C=O) groups is 1. The zero-order valence-electron chi connectivity index (χ0n) is 16.2. The number of likely N-dealkylation sites (tertiary alicyclic amines) is 1. The Kier molecular flexibility index (Phi) is 5.14. The fourth-order valence-corrected chi connectivity index (χ4v) is 3.57. The number of amides is 1. The number of benzene rings is 1. The topological polar surface area (TPSA) is 77.0 Å². The molecule has 1 aliphatic heterocycles. The Balaban J connectivity index is 1.67. The number of nitrogens with zero attached hydrogens (tertiary/aromatic N) is 4. The lowest BCUT2D eigenvalue weighted by Gasteiger charge is -2.33. The number of hydrogen-bond acceptors (Lipinski definition) is 4. The predicted octanol–water partition coefficient (Wildman–Crippen LogP) is 2.64. The summed E-state index contributed by atoms with van der Waals surface area (Å²) in [5.74, 6) is 0.517. The van der Waals surface area contributed by atoms with Gasteiger partial charge in [-0.3, -0.25) is 9.48 Å². The highest BCUT2D eigenvalue weighted by atomic mass is 16.2. The van der Waals surface area contributed by atoms with Crippen molar-refractivity contribution in [1.82, 2.24) is 19.9 Å². The molecule has 0 saturated carbocycles. The minimum atomic E-state index is -0.490. The number of aromatic nitrogens is 3. The highest BCUT2D eigenvalue weighted by Crippen LogP contribution is 2.22. The molecule has 0 spiro atoms. The van der Waals surface area contributed by atoms with E-state index in [1.807, 2.05) is 55.6 Å². The molecule has 0 bridgehead atoms. The fraction of sp³-hybridized carbons (Fsp3) is 0.550. The van der Waals surface area contributed by atoms with Gasteiger partial charge in [0.25, 0.3) is 5.91 Å². The second-order valence-corrected chi connectivity index (χ2v) is 8.13. The molecular formula is C20H29N5O. The molecule has 1 saturated heterocycles. The predicted molar refractivity (Wildman–Crippen MR) is 102 cm³/mol. The third-order valence-corrected chi connectivity index (χ3v) is 5.06. The maximum absolute atomic E-state index is 12.9. The number of carbonyl (C=O) groups excluding carboxylic acids is 1. The lowest BCUT2D eigenvalue weighted by Crippen LogP contribution is -2.41. The quantitative estimate of drug-likeness (QED) is 0.915. The van der Waals surface area contributed by atoms with Gasteiger partial charge in [0.05, 0.1) is 11.7 Å². The Morgan fingerprint density at radius 2 is 2.12 bits per heavy atom. The summed E-state index contributed by atoms with van der Waals surface area (Å²) < 4.78 is 1.86. The summed E-state index contributed by atoms with van der Waals surface area (Å²) in [6, 6.07) is 6.02. The largest absolute Gasteiger partial charge is 0.338 e. The van der Waals surface area contributed by atoms with Crippen LogP contribution in [0.2, 0.25) is 0 Å². The van der Waals surface area contributed by atoms with Gasteiger partial charge in [-0.1, -0.05) is 22.9 Å². The van der Waals surface area contributed by atoms with Crippen molar-refractivity contribution >= 4 is 5.91 Å². The highest BCUT2D eigenvalue weighted by Gasteiger charge is 2.26. The van der Waals surface area contributed by atoms with Gasteiger partial charge in [-0.25, -0.2) is 0 Å². The van der Waals surface area contributed by atoms with Crippen molar-refractivity contribution in [2.45, 2.75) is 52.6 Å². The molecule has 0 aliphatic carbocycles. The Hall–Kier alpha value is -2.21. The normalized spacial score (nSPS) is 18.2. The van der Waals surface area contributed by atoms with Gasteiger partial charge in [0.15, 0.2) is 0 Å². The minimum Gasteiger partial charge on any atom is -0.338 e. The summed E-state index contributed by atoms with van der Waals surface area (Å²) in [7, 11) is 0. The first-order chi connectivity index (χ1) is 12.2. The van der Waals surface area contributed by atoms with Crippen molar-refractivity contribution in [2.75, 3.05) is 13.1 Å². The number of nitrogens with two attached hydrogens (primary N) is 1. The summed E-state index contributed by atoms with van der Waals surface area (Å²) in [4.78, 5) is 14.9. The van der Waals surface area contributed by atoms with Gasteiger partial charge >= 0.3 is 0 Å². The number of piperidine rings is 1. The molecule has 2 N–H and O–H groups in total. The Bertz CT molecular complexity index is 790. The second-order valence-electron chi connectivity index (χ2n) is 8.13. The molecule has 140 valence electrons. The van der Waals surface area contributed by atoms with Crippen LogP contribution in [-0.4, -0.2) is 38.9 Å². The summed E-state index contributed by atoms with van der Waals surface area (Å²) in [5, 5.41) is 8.39. The van der Waals surface area contributed by atoms with Crippen LogP contribution >= 0.6 is 0 Å². The van der Waals surface area contributed by atoms with E-state index < -0.39 is 5.54 Å². The van der Waals surface area contributed by atoms with E-state index in [1.54, 1.807) is 0 Å². The molecule has 1 aromatic heterocycles. The van der Waals surface area contributed by atoms with Gasteiger partial charge in [-0.15, -0.1) is 5.10 Å². The smallest absolute Gasteiger partial charge is 0.254 e. The molecule has 1 aromatic carbocycles. The van der Waals surface area contributed by atoms with Crippen molar-refractivity contribution in [3.63, 3.8) is 0 Å². The molecule has 26 heavy (non-hydrogen) atoms. The van der Waals surface area contributed by atoms with Crippen LogP contribution in [0.25, 0.3) is 0 Å². The molecule has 2 heterocycles. The molecule has 2 aromatic rings. The van der Waals surface area contributed by atoms with Crippen molar-refractivity contribution in [1.29, 1.82) is 0 Å². The average molecular weight is 355 g/mol. The standard InChI is InChI=1S/C20H29N5O/c1-14-7-8-17(15(2)10-14)19(26)24-9-5-6-16(11-24)12-25-13-18(22-23-25)20(3,4)21/h7-8,10,13,16H,5-6,9,11-12,21H2,1-4H3/t16-/m0/s1. The van der Waals surface area contributed by atoms with Crippen LogP contribution in [0, 0.1) is 19.8 Å². The van der Waals surface area contributed by atoms with Gasteiger partial charge in [-0.2, -0.15) is 0 Å². The average Bonchev–Trinajstić information content (AvgIpc) is 3.03. The molecule has 6 nitrogen and oxygen atoms in total. The lowest BCUT2D eigenvalue weighted by molar-refractivity contribution is 0.0658. The first-order valence-corrected chi connectivity index (χ1v) is 9.30. The third-order valence-electron chi connectivity index (χ3n) is 5.06. The monoisotopic (exact) mass is 355 g/mol. The van der Waals surface area contributed by atoms with Crippen LogP contribution in [0.3, 0.4) is 0 Å². The van der Waals surface area contributed by atoms with Crippen LogP contribution in [0.4, 0.5) is 0 Å². The lowest BCUT2D eigenvalue weighted by atomic mass is 9.96. The maximum atomic E-state index is 12.9. The van der Waals surface area contributed by atoms with E-state index in [9.17, 15) is 4.79 Å². The summed E-state index contributed by atoms with van der Waals surface area (Å²) in [6.07, 6.45) is 4.04. The summed E-state index contributed by atoms with van der Waals surface area (Å²) in [6.45, 7) is 10.2. The van der Waals surface area contributed by atoms with E-state index in [0.717, 1.165) is 49.3 Å². The summed E-state index contributed by atoms with van der Waals surface area (Å²) in [5.41, 5.74) is 9.42. The summed E-state index contributed by atoms with van der Waals surface area (Å²) >= 11 is 0. The van der Waals surface area contributed by atoms with E-state index in [4.69, 9.17) is 5.73 Å². The van der Waals surface area contributed by atoms with Crippen LogP contribution in [0.5, 0.6) is 0 Å². The SMILES string of the molecule is Cc1ccc(C(=O)N2CCC[C@H](Cn3cc(C(C)(C)N)nn3)C2)c(C)c1. The molecule has 0 radical (unpaired) electrons. The Morgan fingerprint density at radius 1 is 1.35 bits per heavy atom. The van der Waals surface area contributed by atoms with E-state index in [2.05, 4.69) is 16.4 Å². The Morgan fingerprint density at radius 3 is 2.77 bits per heavy atom. The van der Waals surface area contributed by atoms with Gasteiger partial charge in [0, 0.05) is 25.2 Å². The van der Waals surface area contributed by atoms with Crippen LogP contribution in [-0.2, 0) is 12.1 Å². The van der Waals surface area contributed by atoms with Crippen molar-refractivity contribution in [2.24, 2.45) is 11.7 Å². The number of aryl methyl sites for hydroxylation is 2. The Labute approximate surface area is 155 Å².